The number of hydrogen-bond acceptors (Lipinski definition) is 7. The van der Waals surface area contributed by atoms with Crippen LogP contribution in [0.4, 0.5) is 4.79 Å². The Morgan fingerprint density at radius 2 is 1.96 bits per heavy atom. The highest BCUT2D eigenvalue weighted by atomic mass is 32.2. The van der Waals surface area contributed by atoms with Gasteiger partial charge in [-0.2, -0.15) is 0 Å². The van der Waals surface area contributed by atoms with Gasteiger partial charge < -0.3 is 4.74 Å². The van der Waals surface area contributed by atoms with Gasteiger partial charge in [0.25, 0.3) is 5.56 Å². The second kappa shape index (κ2) is 8.22. The molecule has 0 aliphatic heterocycles. The summed E-state index contributed by atoms with van der Waals surface area (Å²) >= 11 is 2.63. The fraction of sp³-hybridized carbons (Fsp3) is 0.529. The molecule has 0 unspecified atom stereocenters. The van der Waals surface area contributed by atoms with Crippen LogP contribution in [0.5, 0.6) is 0 Å². The second-order valence-corrected chi connectivity index (χ2v) is 8.92. The molecule has 142 valence electrons. The molecule has 0 saturated carbocycles. The van der Waals surface area contributed by atoms with Crippen LogP contribution in [0.15, 0.2) is 9.95 Å². The van der Waals surface area contributed by atoms with Gasteiger partial charge in [0.05, 0.1) is 17.7 Å². The third kappa shape index (κ3) is 4.27. The Hall–Kier alpha value is -1.87. The molecule has 2 rings (SSSR count). The normalized spacial score (nSPS) is 12.4. The highest BCUT2D eigenvalue weighted by Crippen LogP contribution is 2.30. The topological polar surface area (TPSA) is 90.3 Å². The fourth-order valence-corrected chi connectivity index (χ4v) is 4.38. The van der Waals surface area contributed by atoms with Crippen LogP contribution in [0.25, 0.3) is 10.2 Å². The summed E-state index contributed by atoms with van der Waals surface area (Å²) in [5, 5.41) is 2.65. The van der Waals surface area contributed by atoms with Crippen molar-refractivity contribution >= 4 is 45.3 Å². The number of amides is 2. The smallest absolute Gasteiger partial charge is 0.413 e. The Bertz CT molecular complexity index is 902. The summed E-state index contributed by atoms with van der Waals surface area (Å²) < 4.78 is 6.06. The number of fused-ring (bicyclic) bond motifs is 1. The standard InChI is InChI=1S/C17H23N3O4S2/c1-8(2)7-20-15(22)12-9(3)10(4)25-14(12)19-16(20)26-11(5)13(21)18-17(23)24-6/h8,11H,7H2,1-6H3,(H,18,21,23)/t11-/m1/s1. The summed E-state index contributed by atoms with van der Waals surface area (Å²) in [4.78, 5) is 42.7. The van der Waals surface area contributed by atoms with E-state index in [0.29, 0.717) is 21.9 Å². The maximum absolute atomic E-state index is 13.0. The van der Waals surface area contributed by atoms with E-state index in [-0.39, 0.29) is 11.5 Å². The SMILES string of the molecule is COC(=O)NC(=O)[C@@H](C)Sc1nc2sc(C)c(C)c2c(=O)n1CC(C)C. The number of aryl methyl sites for hydroxylation is 2. The number of aromatic nitrogens is 2. The molecule has 26 heavy (non-hydrogen) atoms. The van der Waals surface area contributed by atoms with Crippen molar-refractivity contribution in [2.75, 3.05) is 7.11 Å². The molecule has 9 heteroatoms. The van der Waals surface area contributed by atoms with Crippen molar-refractivity contribution in [2.24, 2.45) is 5.92 Å². The zero-order valence-electron chi connectivity index (χ0n) is 15.7. The molecular formula is C17H23N3O4S2. The minimum atomic E-state index is -0.810. The number of nitrogens with zero attached hydrogens (tertiary/aromatic N) is 2. The number of ether oxygens (including phenoxy) is 1. The summed E-state index contributed by atoms with van der Waals surface area (Å²) in [5.41, 5.74) is 0.863. The number of thioether (sulfide) groups is 1. The molecule has 2 aromatic rings. The van der Waals surface area contributed by atoms with Crippen molar-refractivity contribution in [1.82, 2.24) is 14.9 Å². The van der Waals surface area contributed by atoms with Crippen LogP contribution in [0.2, 0.25) is 0 Å². The molecule has 7 nitrogen and oxygen atoms in total. The van der Waals surface area contributed by atoms with Crippen LogP contribution >= 0.6 is 23.1 Å². The van der Waals surface area contributed by atoms with Crippen molar-refractivity contribution < 1.29 is 14.3 Å². The molecular weight excluding hydrogens is 374 g/mol. The number of carbonyl (C=O) groups is 2. The first-order chi connectivity index (χ1) is 12.1. The van der Waals surface area contributed by atoms with Gasteiger partial charge in [0.2, 0.25) is 5.91 Å². The number of carbonyl (C=O) groups excluding carboxylic acids is 2. The van der Waals surface area contributed by atoms with E-state index in [1.54, 1.807) is 11.5 Å². The molecule has 2 amide bonds. The maximum Gasteiger partial charge on any atom is 0.413 e. The number of alkyl carbamates (subject to hydrolysis) is 1. The van der Waals surface area contributed by atoms with Crippen molar-refractivity contribution in [2.45, 2.75) is 51.6 Å². The minimum absolute atomic E-state index is 0.0892. The Balaban J connectivity index is 2.46. The number of rotatable bonds is 5. The fourth-order valence-electron chi connectivity index (χ4n) is 2.39. The predicted molar refractivity (Wildman–Crippen MR) is 104 cm³/mol. The molecule has 1 atom stereocenters. The van der Waals surface area contributed by atoms with Crippen LogP contribution in [0.3, 0.4) is 0 Å². The van der Waals surface area contributed by atoms with Gasteiger partial charge in [-0.05, 0) is 32.3 Å². The molecule has 0 radical (unpaired) electrons. The monoisotopic (exact) mass is 397 g/mol. The highest BCUT2D eigenvalue weighted by molar-refractivity contribution is 8.00. The summed E-state index contributed by atoms with van der Waals surface area (Å²) in [6.45, 7) is 10.1. The Labute approximate surface area is 160 Å². The van der Waals surface area contributed by atoms with Crippen molar-refractivity contribution in [3.05, 3.63) is 20.8 Å². The van der Waals surface area contributed by atoms with Crippen molar-refractivity contribution in [3.63, 3.8) is 0 Å². The third-order valence-corrected chi connectivity index (χ3v) is 6.05. The van der Waals surface area contributed by atoms with Gasteiger partial charge in [-0.15, -0.1) is 11.3 Å². The van der Waals surface area contributed by atoms with Gasteiger partial charge in [0.15, 0.2) is 5.16 Å². The molecule has 0 aliphatic rings. The second-order valence-electron chi connectivity index (χ2n) is 6.41. The number of methoxy groups -OCH3 is 1. The first-order valence-electron chi connectivity index (χ1n) is 8.21. The van der Waals surface area contributed by atoms with Gasteiger partial charge >= 0.3 is 6.09 Å². The van der Waals surface area contributed by atoms with E-state index in [1.807, 2.05) is 27.7 Å². The van der Waals surface area contributed by atoms with E-state index in [4.69, 9.17) is 0 Å². The van der Waals surface area contributed by atoms with E-state index >= 15 is 0 Å². The predicted octanol–water partition coefficient (Wildman–Crippen LogP) is 3.09. The highest BCUT2D eigenvalue weighted by Gasteiger charge is 2.23. The summed E-state index contributed by atoms with van der Waals surface area (Å²) in [7, 11) is 1.19. The lowest BCUT2D eigenvalue weighted by Gasteiger charge is -2.16. The zero-order chi connectivity index (χ0) is 19.6. The van der Waals surface area contributed by atoms with Gasteiger partial charge in [-0.1, -0.05) is 25.6 Å². The summed E-state index contributed by atoms with van der Waals surface area (Å²) in [5.74, 6) is -0.253. The zero-order valence-corrected chi connectivity index (χ0v) is 17.3. The number of imide groups is 1. The van der Waals surface area contributed by atoms with Gasteiger partial charge in [-0.3, -0.25) is 19.5 Å². The Morgan fingerprint density at radius 1 is 1.31 bits per heavy atom. The average Bonchev–Trinajstić information content (AvgIpc) is 2.84. The number of thiophene rings is 1. The van der Waals surface area contributed by atoms with Crippen LogP contribution < -0.4 is 10.9 Å². The van der Waals surface area contributed by atoms with Crippen LogP contribution in [-0.2, 0) is 16.1 Å². The Kier molecular flexibility index (Phi) is 6.46. The molecule has 0 aliphatic carbocycles. The van der Waals surface area contributed by atoms with E-state index in [0.717, 1.165) is 22.2 Å². The van der Waals surface area contributed by atoms with E-state index in [9.17, 15) is 14.4 Å². The lowest BCUT2D eigenvalue weighted by Crippen LogP contribution is -2.36. The molecule has 1 N–H and O–H groups in total. The van der Waals surface area contributed by atoms with Gasteiger partial charge in [0, 0.05) is 11.4 Å². The third-order valence-electron chi connectivity index (χ3n) is 3.86. The van der Waals surface area contributed by atoms with E-state index in [1.165, 1.54) is 18.4 Å². The largest absolute Gasteiger partial charge is 0.453 e. The van der Waals surface area contributed by atoms with E-state index < -0.39 is 17.3 Å². The van der Waals surface area contributed by atoms with E-state index in [2.05, 4.69) is 15.0 Å². The van der Waals surface area contributed by atoms with Crippen molar-refractivity contribution in [1.29, 1.82) is 0 Å². The lowest BCUT2D eigenvalue weighted by molar-refractivity contribution is -0.119. The quantitative estimate of drug-likeness (QED) is 0.616. The van der Waals surface area contributed by atoms with Crippen molar-refractivity contribution in [3.8, 4) is 0 Å². The molecule has 0 fully saturated rings. The summed E-state index contributed by atoms with van der Waals surface area (Å²) in [6, 6.07) is 0. The first kappa shape index (κ1) is 20.4. The minimum Gasteiger partial charge on any atom is -0.453 e. The molecule has 2 heterocycles. The number of nitrogens with one attached hydrogen (secondary N) is 1. The van der Waals surface area contributed by atoms with Gasteiger partial charge in [-0.25, -0.2) is 9.78 Å². The average molecular weight is 398 g/mol. The molecule has 0 bridgehead atoms. The molecule has 0 aromatic carbocycles. The van der Waals surface area contributed by atoms with Crippen LogP contribution in [-0.4, -0.2) is 33.9 Å². The number of hydrogen-bond donors (Lipinski definition) is 1. The van der Waals surface area contributed by atoms with Gasteiger partial charge in [0.1, 0.15) is 4.83 Å². The lowest BCUT2D eigenvalue weighted by atomic mass is 10.2. The van der Waals surface area contributed by atoms with Crippen LogP contribution in [0, 0.1) is 19.8 Å². The molecule has 0 spiro atoms. The van der Waals surface area contributed by atoms with Crippen LogP contribution in [0.1, 0.15) is 31.2 Å². The Morgan fingerprint density at radius 3 is 2.54 bits per heavy atom. The maximum atomic E-state index is 13.0. The molecule has 0 saturated heterocycles. The summed E-state index contributed by atoms with van der Waals surface area (Å²) in [6.07, 6.45) is -0.810. The molecule has 2 aromatic heterocycles. The first-order valence-corrected chi connectivity index (χ1v) is 9.91.